The summed E-state index contributed by atoms with van der Waals surface area (Å²) in [7, 11) is 0. The molecule has 0 aliphatic heterocycles. The van der Waals surface area contributed by atoms with Gasteiger partial charge in [0.15, 0.2) is 0 Å². The molecule has 0 aromatic heterocycles. The zero-order valence-electron chi connectivity index (χ0n) is 20.4. The van der Waals surface area contributed by atoms with Crippen LogP contribution < -0.4 is 4.90 Å². The Hall–Kier alpha value is -3.86. The molecule has 0 unspecified atom stereocenters. The Bertz CT molecular complexity index is 1320. The summed E-state index contributed by atoms with van der Waals surface area (Å²) in [6.45, 7) is -1.33. The van der Waals surface area contributed by atoms with E-state index in [2.05, 4.69) is 48.5 Å². The molecule has 0 heterocycles. The highest BCUT2D eigenvalue weighted by atomic mass is 19.4. The molecule has 0 fully saturated rings. The summed E-state index contributed by atoms with van der Waals surface area (Å²) >= 11 is 0. The number of unbranched alkanes of at least 4 members (excludes halogenated alkanes) is 1. The number of nitrogens with zero attached hydrogens (tertiary/aromatic N) is 1. The third kappa shape index (κ3) is 5.61. The number of rotatable bonds is 8. The van der Waals surface area contributed by atoms with E-state index in [0.717, 1.165) is 36.1 Å². The van der Waals surface area contributed by atoms with Gasteiger partial charge in [-0.2, -0.15) is 13.2 Å². The molecular weight excluding hydrogens is 471 g/mol. The third-order valence-electron chi connectivity index (χ3n) is 7.02. The summed E-state index contributed by atoms with van der Waals surface area (Å²) in [4.78, 5) is 13.6. The van der Waals surface area contributed by atoms with Gasteiger partial charge in [0.1, 0.15) is 6.54 Å². The van der Waals surface area contributed by atoms with Crippen LogP contribution in [-0.2, 0) is 6.42 Å². The summed E-state index contributed by atoms with van der Waals surface area (Å²) in [5.74, 6) is -0.266. The van der Waals surface area contributed by atoms with Crippen LogP contribution in [0.2, 0.25) is 0 Å². The molecule has 4 aromatic carbocycles. The predicted octanol–water partition coefficient (Wildman–Crippen LogP) is 8.42. The van der Waals surface area contributed by atoms with E-state index >= 15 is 0 Å². The van der Waals surface area contributed by atoms with E-state index < -0.39 is 18.6 Å². The van der Waals surface area contributed by atoms with Gasteiger partial charge in [-0.15, -0.1) is 0 Å². The number of amides is 1. The van der Waals surface area contributed by atoms with Crippen LogP contribution in [0.1, 0.15) is 52.2 Å². The fourth-order valence-electron chi connectivity index (χ4n) is 5.29. The standard InChI is InChI=1S/C32H28F3NO/c33-32(34,35)22-36(31(37)24-11-2-1-3-12-24)25-20-18-23(19-21-25)10-4-5-13-26-27-14-6-8-16-29(27)30-17-9-7-15-28(26)30/h1-3,6-9,11-12,14-21,26H,4-5,10,13,22H2. The number of halogens is 3. The molecule has 0 N–H and O–H groups in total. The van der Waals surface area contributed by atoms with Crippen molar-refractivity contribution >= 4 is 11.6 Å². The van der Waals surface area contributed by atoms with Crippen LogP contribution in [0.3, 0.4) is 0 Å². The first kappa shape index (κ1) is 24.8. The van der Waals surface area contributed by atoms with Crippen LogP contribution in [0.25, 0.3) is 11.1 Å². The van der Waals surface area contributed by atoms with Gasteiger partial charge in [-0.1, -0.05) is 85.3 Å². The molecule has 5 heteroatoms. The Labute approximate surface area is 215 Å². The highest BCUT2D eigenvalue weighted by Gasteiger charge is 2.34. The lowest BCUT2D eigenvalue weighted by Crippen LogP contribution is -2.39. The first-order chi connectivity index (χ1) is 17.9. The summed E-state index contributed by atoms with van der Waals surface area (Å²) in [6, 6.07) is 32.2. The lowest BCUT2D eigenvalue weighted by Gasteiger charge is -2.24. The van der Waals surface area contributed by atoms with E-state index in [1.807, 2.05) is 12.1 Å². The molecule has 37 heavy (non-hydrogen) atoms. The van der Waals surface area contributed by atoms with E-state index in [1.165, 1.54) is 34.4 Å². The number of hydrogen-bond donors (Lipinski definition) is 0. The smallest absolute Gasteiger partial charge is 0.299 e. The van der Waals surface area contributed by atoms with E-state index in [0.29, 0.717) is 5.92 Å². The van der Waals surface area contributed by atoms with Crippen LogP contribution in [0.15, 0.2) is 103 Å². The van der Waals surface area contributed by atoms with Crippen molar-refractivity contribution in [3.63, 3.8) is 0 Å². The van der Waals surface area contributed by atoms with Crippen LogP contribution in [0.4, 0.5) is 18.9 Å². The van der Waals surface area contributed by atoms with Gasteiger partial charge in [-0.3, -0.25) is 9.69 Å². The molecule has 5 rings (SSSR count). The van der Waals surface area contributed by atoms with Crippen molar-refractivity contribution < 1.29 is 18.0 Å². The molecule has 0 bridgehead atoms. The molecule has 4 aromatic rings. The van der Waals surface area contributed by atoms with Gasteiger partial charge in [0, 0.05) is 17.2 Å². The van der Waals surface area contributed by atoms with Crippen molar-refractivity contribution in [1.82, 2.24) is 0 Å². The molecule has 1 aliphatic rings. The topological polar surface area (TPSA) is 20.3 Å². The van der Waals surface area contributed by atoms with Crippen LogP contribution in [0, 0.1) is 0 Å². The van der Waals surface area contributed by atoms with Crippen LogP contribution in [-0.4, -0.2) is 18.6 Å². The zero-order valence-corrected chi connectivity index (χ0v) is 20.4. The number of benzene rings is 4. The van der Waals surface area contributed by atoms with Gasteiger partial charge in [0.2, 0.25) is 0 Å². The number of aryl methyl sites for hydroxylation is 1. The van der Waals surface area contributed by atoms with Gasteiger partial charge in [0.25, 0.3) is 5.91 Å². The molecule has 0 spiro atoms. The molecule has 0 radical (unpaired) electrons. The van der Waals surface area contributed by atoms with Gasteiger partial charge >= 0.3 is 6.18 Å². The number of carbonyl (C=O) groups is 1. The summed E-state index contributed by atoms with van der Waals surface area (Å²) in [5.41, 5.74) is 6.95. The van der Waals surface area contributed by atoms with E-state index in [4.69, 9.17) is 0 Å². The molecule has 2 nitrogen and oxygen atoms in total. The maximum absolute atomic E-state index is 13.3. The highest BCUT2D eigenvalue weighted by molar-refractivity contribution is 6.06. The molecule has 188 valence electrons. The van der Waals surface area contributed by atoms with Crippen molar-refractivity contribution in [2.24, 2.45) is 0 Å². The van der Waals surface area contributed by atoms with Crippen molar-refractivity contribution in [3.8, 4) is 11.1 Å². The monoisotopic (exact) mass is 499 g/mol. The SMILES string of the molecule is O=C(c1ccccc1)N(CC(F)(F)F)c1ccc(CCCCC2c3ccccc3-c3ccccc32)cc1. The third-order valence-corrected chi connectivity index (χ3v) is 7.02. The molecule has 0 atom stereocenters. The highest BCUT2D eigenvalue weighted by Crippen LogP contribution is 2.46. The van der Waals surface area contributed by atoms with Crippen LogP contribution >= 0.6 is 0 Å². The Morgan fingerprint density at radius 1 is 0.703 bits per heavy atom. The average molecular weight is 500 g/mol. The Balaban J connectivity index is 1.22. The quantitative estimate of drug-likeness (QED) is 0.223. The maximum atomic E-state index is 13.3. The fraction of sp³-hybridized carbons (Fsp3) is 0.219. The molecule has 0 saturated carbocycles. The second-order valence-corrected chi connectivity index (χ2v) is 9.51. The Morgan fingerprint density at radius 3 is 1.86 bits per heavy atom. The van der Waals surface area contributed by atoms with Crippen molar-refractivity contribution in [2.75, 3.05) is 11.4 Å². The number of anilines is 1. The number of fused-ring (bicyclic) bond motifs is 3. The molecule has 1 aliphatic carbocycles. The summed E-state index contributed by atoms with van der Waals surface area (Å²) in [5, 5.41) is 0. The maximum Gasteiger partial charge on any atom is 0.406 e. The van der Waals surface area contributed by atoms with E-state index in [9.17, 15) is 18.0 Å². The van der Waals surface area contributed by atoms with Gasteiger partial charge in [-0.05, 0) is 71.3 Å². The lowest BCUT2D eigenvalue weighted by molar-refractivity contribution is -0.118. The largest absolute Gasteiger partial charge is 0.406 e. The average Bonchev–Trinajstić information content (AvgIpc) is 3.23. The molecule has 1 amide bonds. The number of alkyl halides is 3. The first-order valence-electron chi connectivity index (χ1n) is 12.6. The van der Waals surface area contributed by atoms with E-state index in [1.54, 1.807) is 30.3 Å². The van der Waals surface area contributed by atoms with Crippen molar-refractivity contribution in [1.29, 1.82) is 0 Å². The van der Waals surface area contributed by atoms with Crippen molar-refractivity contribution in [3.05, 3.63) is 125 Å². The minimum absolute atomic E-state index is 0.228. The summed E-state index contributed by atoms with van der Waals surface area (Å²) < 4.78 is 39.8. The minimum atomic E-state index is -4.50. The van der Waals surface area contributed by atoms with Gasteiger partial charge in [-0.25, -0.2) is 0 Å². The minimum Gasteiger partial charge on any atom is -0.299 e. The van der Waals surface area contributed by atoms with Gasteiger partial charge < -0.3 is 0 Å². The first-order valence-corrected chi connectivity index (χ1v) is 12.6. The molecule has 0 saturated heterocycles. The van der Waals surface area contributed by atoms with Crippen LogP contribution in [0.5, 0.6) is 0 Å². The Morgan fingerprint density at radius 2 is 1.27 bits per heavy atom. The fourth-order valence-corrected chi connectivity index (χ4v) is 5.29. The second-order valence-electron chi connectivity index (χ2n) is 9.51. The summed E-state index contributed by atoms with van der Waals surface area (Å²) in [6.07, 6.45) is -0.586. The Kier molecular flexibility index (Phi) is 7.13. The lowest BCUT2D eigenvalue weighted by atomic mass is 9.91. The number of hydrogen-bond acceptors (Lipinski definition) is 1. The zero-order chi connectivity index (χ0) is 25.8. The normalized spacial score (nSPS) is 12.7. The van der Waals surface area contributed by atoms with Gasteiger partial charge in [0.05, 0.1) is 0 Å². The predicted molar refractivity (Wildman–Crippen MR) is 142 cm³/mol. The second kappa shape index (κ2) is 10.6. The number of carbonyl (C=O) groups excluding carboxylic acids is 1. The van der Waals surface area contributed by atoms with E-state index in [-0.39, 0.29) is 11.3 Å². The van der Waals surface area contributed by atoms with Crippen molar-refractivity contribution in [2.45, 2.75) is 37.8 Å². The molecular formula is C32H28F3NO.